The van der Waals surface area contributed by atoms with Crippen molar-refractivity contribution in [2.24, 2.45) is 0 Å². The van der Waals surface area contributed by atoms with E-state index < -0.39 is 0 Å². The molecule has 0 aromatic heterocycles. The lowest BCUT2D eigenvalue weighted by molar-refractivity contribution is -0.692. The van der Waals surface area contributed by atoms with Gasteiger partial charge in [0.15, 0.2) is 0 Å². The highest BCUT2D eigenvalue weighted by Gasteiger charge is 2.06. The highest BCUT2D eigenvalue weighted by atomic mass is 35.5. The molecule has 0 fully saturated rings. The Kier molecular flexibility index (Phi) is 6.48. The maximum atomic E-state index is 2.41. The van der Waals surface area contributed by atoms with Crippen LogP contribution in [0.4, 0.5) is 0 Å². The van der Waals surface area contributed by atoms with Gasteiger partial charge in [0.2, 0.25) is 0 Å². The summed E-state index contributed by atoms with van der Waals surface area (Å²) < 4.78 is 0. The van der Waals surface area contributed by atoms with Gasteiger partial charge in [0.05, 0.1) is 6.54 Å². The third-order valence-electron chi connectivity index (χ3n) is 3.12. The summed E-state index contributed by atoms with van der Waals surface area (Å²) in [6.45, 7) is 3.40. The second-order valence-electron chi connectivity index (χ2n) is 4.46. The Morgan fingerprint density at radius 2 is 1.44 bits per heavy atom. The number of quaternary nitrogens is 1. The third-order valence-corrected chi connectivity index (χ3v) is 3.12. The largest absolute Gasteiger partial charge is 1.00 e. The second kappa shape index (κ2) is 7.91. The average Bonchev–Trinajstić information content (AvgIpc) is 2.41. The van der Waals surface area contributed by atoms with E-state index in [0.29, 0.717) is 6.04 Å². The molecular weight excluding hydrogens is 242 g/mol. The fourth-order valence-electron chi connectivity index (χ4n) is 2.04. The van der Waals surface area contributed by atoms with Crippen LogP contribution < -0.4 is 17.7 Å². The Morgan fingerprint density at radius 1 is 0.889 bits per heavy atom. The zero-order valence-corrected chi connectivity index (χ0v) is 11.5. The Balaban J connectivity index is 0.00000162. The molecule has 1 atom stereocenters. The summed E-state index contributed by atoms with van der Waals surface area (Å²) in [4.78, 5) is 0. The van der Waals surface area contributed by atoms with Crippen LogP contribution in [0.3, 0.4) is 0 Å². The van der Waals surface area contributed by atoms with Crippen LogP contribution >= 0.6 is 0 Å². The number of hydrogen-bond acceptors (Lipinski definition) is 0. The van der Waals surface area contributed by atoms with Crippen molar-refractivity contribution in [2.45, 2.75) is 19.4 Å². The van der Waals surface area contributed by atoms with Gasteiger partial charge in [-0.25, -0.2) is 0 Å². The van der Waals surface area contributed by atoms with Crippen LogP contribution in [0.5, 0.6) is 0 Å². The van der Waals surface area contributed by atoms with Crippen LogP contribution in [0, 0.1) is 0 Å². The van der Waals surface area contributed by atoms with Gasteiger partial charge in [-0.1, -0.05) is 60.7 Å². The molecule has 0 saturated carbocycles. The molecule has 0 heterocycles. The van der Waals surface area contributed by atoms with Crippen molar-refractivity contribution in [2.75, 3.05) is 6.54 Å². The molecule has 0 bridgehead atoms. The Bertz CT molecular complexity index is 427. The molecule has 2 heteroatoms. The average molecular weight is 262 g/mol. The number of rotatable bonds is 5. The normalized spacial score (nSPS) is 11.6. The molecule has 1 unspecified atom stereocenters. The minimum atomic E-state index is 0. The van der Waals surface area contributed by atoms with Gasteiger partial charge < -0.3 is 17.7 Å². The smallest absolute Gasteiger partial charge is 0.109 e. The standard InChI is InChI=1S/C16H19N.ClH/c1-14(16-10-6-3-7-11-16)17-13-12-15-8-4-2-5-9-15;/h2-11,14,17H,12-13H2,1H3;1H. The van der Waals surface area contributed by atoms with E-state index in [-0.39, 0.29) is 12.4 Å². The molecule has 2 aromatic rings. The first-order valence-corrected chi connectivity index (χ1v) is 6.28. The fraction of sp³-hybridized carbons (Fsp3) is 0.250. The Labute approximate surface area is 116 Å². The maximum Gasteiger partial charge on any atom is 0.109 e. The minimum absolute atomic E-state index is 0. The van der Waals surface area contributed by atoms with Crippen molar-refractivity contribution in [1.82, 2.24) is 0 Å². The van der Waals surface area contributed by atoms with Gasteiger partial charge in [-0.3, -0.25) is 0 Å². The quantitative estimate of drug-likeness (QED) is 0.752. The number of halogens is 1. The lowest BCUT2D eigenvalue weighted by atomic mass is 10.1. The van der Waals surface area contributed by atoms with E-state index in [1.54, 1.807) is 0 Å². The molecule has 0 saturated heterocycles. The van der Waals surface area contributed by atoms with Gasteiger partial charge in [-0.05, 0) is 12.5 Å². The predicted molar refractivity (Wildman–Crippen MR) is 71.8 cm³/mol. The van der Waals surface area contributed by atoms with Gasteiger partial charge in [0.1, 0.15) is 6.04 Å². The lowest BCUT2D eigenvalue weighted by Crippen LogP contribution is -3.00. The molecule has 0 radical (unpaired) electrons. The van der Waals surface area contributed by atoms with Crippen LogP contribution in [-0.4, -0.2) is 6.54 Å². The van der Waals surface area contributed by atoms with E-state index in [1.165, 1.54) is 11.1 Å². The SMILES string of the molecule is CC([NH2+]CCc1ccccc1)c1ccccc1.[Cl-]. The molecular formula is C16H20ClN. The van der Waals surface area contributed by atoms with Crippen LogP contribution in [0.2, 0.25) is 0 Å². The third kappa shape index (κ3) is 4.52. The van der Waals surface area contributed by atoms with Gasteiger partial charge in [0.25, 0.3) is 0 Å². The van der Waals surface area contributed by atoms with Crippen molar-refractivity contribution >= 4 is 0 Å². The van der Waals surface area contributed by atoms with E-state index in [2.05, 4.69) is 72.9 Å². The molecule has 18 heavy (non-hydrogen) atoms. The summed E-state index contributed by atoms with van der Waals surface area (Å²) in [6, 6.07) is 21.9. The minimum Gasteiger partial charge on any atom is -1.00 e. The van der Waals surface area contributed by atoms with E-state index in [4.69, 9.17) is 0 Å². The molecule has 0 aliphatic rings. The van der Waals surface area contributed by atoms with Crippen molar-refractivity contribution in [1.29, 1.82) is 0 Å². The van der Waals surface area contributed by atoms with Crippen LogP contribution in [0.15, 0.2) is 60.7 Å². The van der Waals surface area contributed by atoms with Crippen LogP contribution in [0.25, 0.3) is 0 Å². The van der Waals surface area contributed by atoms with E-state index in [0.717, 1.165) is 13.0 Å². The first kappa shape index (κ1) is 14.7. The van der Waals surface area contributed by atoms with Crippen molar-refractivity contribution in [3.63, 3.8) is 0 Å². The molecule has 0 aliphatic heterocycles. The summed E-state index contributed by atoms with van der Waals surface area (Å²) in [5, 5.41) is 2.41. The second-order valence-corrected chi connectivity index (χ2v) is 4.46. The zero-order chi connectivity index (χ0) is 11.9. The summed E-state index contributed by atoms with van der Waals surface area (Å²) in [6.07, 6.45) is 1.14. The van der Waals surface area contributed by atoms with E-state index >= 15 is 0 Å². The van der Waals surface area contributed by atoms with Crippen molar-refractivity contribution in [3.05, 3.63) is 71.8 Å². The molecule has 2 rings (SSSR count). The van der Waals surface area contributed by atoms with E-state index in [1.807, 2.05) is 0 Å². The maximum absolute atomic E-state index is 2.41. The van der Waals surface area contributed by atoms with Gasteiger partial charge in [0, 0.05) is 12.0 Å². The van der Waals surface area contributed by atoms with E-state index in [9.17, 15) is 0 Å². The van der Waals surface area contributed by atoms with Gasteiger partial charge in [-0.2, -0.15) is 0 Å². The molecule has 0 aliphatic carbocycles. The van der Waals surface area contributed by atoms with Crippen molar-refractivity contribution < 1.29 is 17.7 Å². The number of nitrogens with two attached hydrogens (primary N) is 1. The molecule has 0 amide bonds. The van der Waals surface area contributed by atoms with Crippen molar-refractivity contribution in [3.8, 4) is 0 Å². The van der Waals surface area contributed by atoms with Crippen LogP contribution in [0.1, 0.15) is 24.1 Å². The summed E-state index contributed by atoms with van der Waals surface area (Å²) >= 11 is 0. The van der Waals surface area contributed by atoms with Gasteiger partial charge >= 0.3 is 0 Å². The predicted octanol–water partition coefficient (Wildman–Crippen LogP) is -0.442. The molecule has 0 spiro atoms. The zero-order valence-electron chi connectivity index (χ0n) is 10.7. The monoisotopic (exact) mass is 261 g/mol. The Morgan fingerprint density at radius 3 is 2.06 bits per heavy atom. The molecule has 1 nitrogen and oxygen atoms in total. The first-order chi connectivity index (χ1) is 8.36. The topological polar surface area (TPSA) is 16.6 Å². The summed E-state index contributed by atoms with van der Waals surface area (Å²) in [5.41, 5.74) is 2.82. The summed E-state index contributed by atoms with van der Waals surface area (Å²) in [5.74, 6) is 0. The highest BCUT2D eigenvalue weighted by molar-refractivity contribution is 5.16. The lowest BCUT2D eigenvalue weighted by Gasteiger charge is -2.10. The van der Waals surface area contributed by atoms with Crippen LogP contribution in [-0.2, 0) is 6.42 Å². The number of hydrogen-bond donors (Lipinski definition) is 1. The summed E-state index contributed by atoms with van der Waals surface area (Å²) in [7, 11) is 0. The van der Waals surface area contributed by atoms with Gasteiger partial charge in [-0.15, -0.1) is 0 Å². The number of benzene rings is 2. The Hall–Kier alpha value is -1.31. The highest BCUT2D eigenvalue weighted by Crippen LogP contribution is 2.06. The molecule has 96 valence electrons. The molecule has 2 aromatic carbocycles. The first-order valence-electron chi connectivity index (χ1n) is 6.28. The molecule has 2 N–H and O–H groups in total. The fourth-order valence-corrected chi connectivity index (χ4v) is 2.04.